The normalized spacial score (nSPS) is 9.82. The maximum Gasteiger partial charge on any atom is 0.312 e. The van der Waals surface area contributed by atoms with E-state index in [9.17, 15) is 4.79 Å². The summed E-state index contributed by atoms with van der Waals surface area (Å²) < 4.78 is 10.6. The van der Waals surface area contributed by atoms with Crippen molar-refractivity contribution in [2.75, 3.05) is 20.8 Å². The van der Waals surface area contributed by atoms with Crippen molar-refractivity contribution in [2.45, 2.75) is 13.3 Å². The van der Waals surface area contributed by atoms with Crippen molar-refractivity contribution in [3.8, 4) is 11.5 Å². The van der Waals surface area contributed by atoms with E-state index in [4.69, 9.17) is 15.2 Å². The SMILES string of the molecule is COc1ccc(CCNC(N)=O)c(OC)c1C. The number of hydrogen-bond acceptors (Lipinski definition) is 3. The van der Waals surface area contributed by atoms with Gasteiger partial charge in [0.2, 0.25) is 0 Å². The van der Waals surface area contributed by atoms with Gasteiger partial charge in [0.1, 0.15) is 11.5 Å². The second-order valence-corrected chi connectivity index (χ2v) is 3.63. The van der Waals surface area contributed by atoms with Crippen LogP contribution in [-0.4, -0.2) is 26.8 Å². The smallest absolute Gasteiger partial charge is 0.312 e. The molecule has 3 N–H and O–H groups in total. The molecule has 0 atom stereocenters. The Morgan fingerprint density at radius 1 is 1.35 bits per heavy atom. The number of nitrogens with two attached hydrogens (primary N) is 1. The van der Waals surface area contributed by atoms with Crippen LogP contribution < -0.4 is 20.5 Å². The third-order valence-corrected chi connectivity index (χ3v) is 2.56. The lowest BCUT2D eigenvalue weighted by atomic mass is 10.1. The van der Waals surface area contributed by atoms with Crippen LogP contribution in [0.4, 0.5) is 4.79 Å². The Morgan fingerprint density at radius 3 is 2.59 bits per heavy atom. The minimum absolute atomic E-state index is 0.484. The Bertz CT molecular complexity index is 405. The highest BCUT2D eigenvalue weighted by molar-refractivity contribution is 5.71. The molecule has 0 spiro atoms. The van der Waals surface area contributed by atoms with Gasteiger partial charge in [0, 0.05) is 12.1 Å². The lowest BCUT2D eigenvalue weighted by Crippen LogP contribution is -2.31. The fourth-order valence-electron chi connectivity index (χ4n) is 1.75. The minimum atomic E-state index is -0.519. The van der Waals surface area contributed by atoms with Crippen molar-refractivity contribution in [2.24, 2.45) is 5.73 Å². The fraction of sp³-hybridized carbons (Fsp3) is 0.417. The predicted octanol–water partition coefficient (Wildman–Crippen LogP) is 1.22. The Hall–Kier alpha value is -1.91. The number of primary amides is 1. The monoisotopic (exact) mass is 238 g/mol. The molecule has 0 fully saturated rings. The number of hydrogen-bond donors (Lipinski definition) is 2. The zero-order chi connectivity index (χ0) is 12.8. The molecule has 0 aliphatic carbocycles. The lowest BCUT2D eigenvalue weighted by Gasteiger charge is -2.14. The van der Waals surface area contributed by atoms with Gasteiger partial charge in [0.05, 0.1) is 14.2 Å². The minimum Gasteiger partial charge on any atom is -0.496 e. The van der Waals surface area contributed by atoms with Crippen LogP contribution >= 0.6 is 0 Å². The third kappa shape index (κ3) is 3.27. The first-order chi connectivity index (χ1) is 8.10. The average Bonchev–Trinajstić information content (AvgIpc) is 2.29. The van der Waals surface area contributed by atoms with E-state index in [0.29, 0.717) is 13.0 Å². The third-order valence-electron chi connectivity index (χ3n) is 2.56. The largest absolute Gasteiger partial charge is 0.496 e. The van der Waals surface area contributed by atoms with Crippen LogP contribution in [0.3, 0.4) is 0 Å². The molecule has 0 saturated heterocycles. The number of rotatable bonds is 5. The molecular formula is C12H18N2O3. The number of urea groups is 1. The zero-order valence-corrected chi connectivity index (χ0v) is 10.4. The van der Waals surface area contributed by atoms with Gasteiger partial charge in [0.25, 0.3) is 0 Å². The summed E-state index contributed by atoms with van der Waals surface area (Å²) in [4.78, 5) is 10.6. The summed E-state index contributed by atoms with van der Waals surface area (Å²) in [5, 5.41) is 2.55. The molecule has 0 aliphatic heterocycles. The van der Waals surface area contributed by atoms with E-state index in [0.717, 1.165) is 22.6 Å². The highest BCUT2D eigenvalue weighted by Crippen LogP contribution is 2.31. The number of benzene rings is 1. The molecule has 2 amide bonds. The molecule has 5 heteroatoms. The summed E-state index contributed by atoms with van der Waals surface area (Å²) in [5.41, 5.74) is 6.97. The van der Waals surface area contributed by atoms with Gasteiger partial charge in [-0.1, -0.05) is 6.07 Å². The van der Waals surface area contributed by atoms with Crippen molar-refractivity contribution < 1.29 is 14.3 Å². The quantitative estimate of drug-likeness (QED) is 0.810. The number of amides is 2. The van der Waals surface area contributed by atoms with Gasteiger partial charge in [-0.2, -0.15) is 0 Å². The predicted molar refractivity (Wildman–Crippen MR) is 65.6 cm³/mol. The van der Waals surface area contributed by atoms with Crippen LogP contribution in [0, 0.1) is 6.92 Å². The molecule has 0 aliphatic rings. The van der Waals surface area contributed by atoms with Gasteiger partial charge in [-0.05, 0) is 25.0 Å². The molecule has 1 aromatic rings. The maximum atomic E-state index is 10.6. The van der Waals surface area contributed by atoms with E-state index in [1.807, 2.05) is 19.1 Å². The topological polar surface area (TPSA) is 73.6 Å². The molecule has 1 rings (SSSR count). The van der Waals surface area contributed by atoms with Crippen LogP contribution in [0.5, 0.6) is 11.5 Å². The first kappa shape index (κ1) is 13.2. The second-order valence-electron chi connectivity index (χ2n) is 3.63. The van der Waals surface area contributed by atoms with E-state index in [-0.39, 0.29) is 0 Å². The summed E-state index contributed by atoms with van der Waals surface area (Å²) >= 11 is 0. The number of methoxy groups -OCH3 is 2. The summed E-state index contributed by atoms with van der Waals surface area (Å²) in [7, 11) is 3.24. The molecule has 17 heavy (non-hydrogen) atoms. The molecule has 0 unspecified atom stereocenters. The van der Waals surface area contributed by atoms with E-state index >= 15 is 0 Å². The number of nitrogens with one attached hydrogen (secondary N) is 1. The van der Waals surface area contributed by atoms with Gasteiger partial charge in [-0.25, -0.2) is 4.79 Å². The van der Waals surface area contributed by atoms with E-state index < -0.39 is 6.03 Å². The standard InChI is InChI=1S/C12H18N2O3/c1-8-10(16-2)5-4-9(11(8)17-3)6-7-14-12(13)15/h4-5H,6-7H2,1-3H3,(H3,13,14,15). The van der Waals surface area contributed by atoms with Crippen molar-refractivity contribution >= 4 is 6.03 Å². The Labute approximate surface area is 101 Å². The molecule has 0 saturated carbocycles. The Morgan fingerprint density at radius 2 is 2.06 bits per heavy atom. The van der Waals surface area contributed by atoms with E-state index in [2.05, 4.69) is 5.32 Å². The molecule has 0 radical (unpaired) electrons. The summed E-state index contributed by atoms with van der Waals surface area (Å²) in [6, 6.07) is 3.29. The molecule has 5 nitrogen and oxygen atoms in total. The fourth-order valence-corrected chi connectivity index (χ4v) is 1.75. The highest BCUT2D eigenvalue weighted by atomic mass is 16.5. The lowest BCUT2D eigenvalue weighted by molar-refractivity contribution is 0.249. The zero-order valence-electron chi connectivity index (χ0n) is 10.4. The molecule has 1 aromatic carbocycles. The van der Waals surface area contributed by atoms with Crippen LogP contribution in [-0.2, 0) is 6.42 Å². The van der Waals surface area contributed by atoms with Crippen molar-refractivity contribution in [1.29, 1.82) is 0 Å². The maximum absolute atomic E-state index is 10.6. The van der Waals surface area contributed by atoms with Crippen LogP contribution in [0.15, 0.2) is 12.1 Å². The molecule has 0 aromatic heterocycles. The van der Waals surface area contributed by atoms with Crippen molar-refractivity contribution in [3.05, 3.63) is 23.3 Å². The average molecular weight is 238 g/mol. The van der Waals surface area contributed by atoms with Gasteiger partial charge >= 0.3 is 6.03 Å². The summed E-state index contributed by atoms with van der Waals surface area (Å²) in [6.07, 6.45) is 0.664. The van der Waals surface area contributed by atoms with Crippen LogP contribution in [0.1, 0.15) is 11.1 Å². The van der Waals surface area contributed by atoms with Gasteiger partial charge in [-0.3, -0.25) is 0 Å². The van der Waals surface area contributed by atoms with Crippen LogP contribution in [0.2, 0.25) is 0 Å². The summed E-state index contributed by atoms with van der Waals surface area (Å²) in [6.45, 7) is 2.42. The Balaban J connectivity index is 2.85. The van der Waals surface area contributed by atoms with Crippen molar-refractivity contribution in [1.82, 2.24) is 5.32 Å². The summed E-state index contributed by atoms with van der Waals surface area (Å²) in [5.74, 6) is 1.57. The Kier molecular flexibility index (Phi) is 4.63. The first-order valence-electron chi connectivity index (χ1n) is 5.34. The first-order valence-corrected chi connectivity index (χ1v) is 5.34. The van der Waals surface area contributed by atoms with Gasteiger partial charge < -0.3 is 20.5 Å². The van der Waals surface area contributed by atoms with Crippen molar-refractivity contribution in [3.63, 3.8) is 0 Å². The highest BCUT2D eigenvalue weighted by Gasteiger charge is 2.10. The van der Waals surface area contributed by atoms with E-state index in [1.165, 1.54) is 0 Å². The number of carbonyl (C=O) groups is 1. The molecule has 94 valence electrons. The van der Waals surface area contributed by atoms with Gasteiger partial charge in [-0.15, -0.1) is 0 Å². The molecule has 0 heterocycles. The van der Waals surface area contributed by atoms with E-state index in [1.54, 1.807) is 14.2 Å². The van der Waals surface area contributed by atoms with Crippen LogP contribution in [0.25, 0.3) is 0 Å². The number of ether oxygens (including phenoxy) is 2. The van der Waals surface area contributed by atoms with Gasteiger partial charge in [0.15, 0.2) is 0 Å². The second kappa shape index (κ2) is 5.98. The number of carbonyl (C=O) groups excluding carboxylic acids is 1. The molecular weight excluding hydrogens is 220 g/mol. The molecule has 0 bridgehead atoms.